The van der Waals surface area contributed by atoms with E-state index in [4.69, 9.17) is 10.5 Å². The van der Waals surface area contributed by atoms with Crippen LogP contribution >= 0.6 is 11.5 Å². The number of nitrogens with two attached hydrogens (primary N) is 1. The maximum atomic E-state index is 5.65. The van der Waals surface area contributed by atoms with Crippen molar-refractivity contribution in [1.82, 2.24) is 4.37 Å². The van der Waals surface area contributed by atoms with E-state index in [9.17, 15) is 0 Å². The number of hydrogen-bond acceptors (Lipinski definition) is 5. The molecule has 86 valence electrons. The first-order valence-corrected chi connectivity index (χ1v) is 5.97. The van der Waals surface area contributed by atoms with Crippen LogP contribution in [-0.2, 0) is 4.74 Å². The van der Waals surface area contributed by atoms with Crippen molar-refractivity contribution in [2.45, 2.75) is 26.2 Å². The van der Waals surface area contributed by atoms with Crippen LogP contribution in [0, 0.1) is 6.92 Å². The molecule has 0 atom stereocenters. The Hall–Kier alpha value is -0.810. The van der Waals surface area contributed by atoms with Crippen LogP contribution in [0.3, 0.4) is 0 Å². The van der Waals surface area contributed by atoms with E-state index in [0.29, 0.717) is 5.82 Å². The highest BCUT2D eigenvalue weighted by Gasteiger charge is 2.04. The number of aromatic nitrogens is 1. The summed E-state index contributed by atoms with van der Waals surface area (Å²) in [6.45, 7) is 3.82. The quantitative estimate of drug-likeness (QED) is 0.704. The Labute approximate surface area is 95.0 Å². The molecule has 0 aromatic carbocycles. The van der Waals surface area contributed by atoms with Gasteiger partial charge in [-0.1, -0.05) is 0 Å². The molecule has 0 aliphatic rings. The predicted octanol–water partition coefficient (Wildman–Crippen LogP) is 2.26. The van der Waals surface area contributed by atoms with Gasteiger partial charge < -0.3 is 15.8 Å². The number of nitrogens with zero attached hydrogens (tertiary/aromatic N) is 1. The van der Waals surface area contributed by atoms with E-state index in [1.54, 1.807) is 7.11 Å². The summed E-state index contributed by atoms with van der Waals surface area (Å²) >= 11 is 1.43. The van der Waals surface area contributed by atoms with Crippen LogP contribution in [-0.4, -0.2) is 24.6 Å². The zero-order chi connectivity index (χ0) is 11.1. The summed E-state index contributed by atoms with van der Waals surface area (Å²) in [4.78, 5) is 0. The number of methoxy groups -OCH3 is 1. The molecule has 0 amide bonds. The van der Waals surface area contributed by atoms with Gasteiger partial charge in [-0.05, 0) is 37.7 Å². The van der Waals surface area contributed by atoms with E-state index in [1.165, 1.54) is 18.0 Å². The third kappa shape index (κ3) is 4.05. The SMILES string of the molecule is COCCCCCNc1snc(N)c1C. The standard InChI is InChI=1S/C10H19N3OS/c1-8-9(11)13-15-10(8)12-6-4-3-5-7-14-2/h12H,3-7H2,1-2H3,(H2,11,13). The van der Waals surface area contributed by atoms with Crippen LogP contribution < -0.4 is 11.1 Å². The molecule has 0 aliphatic carbocycles. The summed E-state index contributed by atoms with van der Waals surface area (Å²) in [6, 6.07) is 0. The van der Waals surface area contributed by atoms with E-state index >= 15 is 0 Å². The molecule has 1 heterocycles. The van der Waals surface area contributed by atoms with Gasteiger partial charge in [-0.15, -0.1) is 0 Å². The van der Waals surface area contributed by atoms with Crippen LogP contribution in [0.15, 0.2) is 0 Å². The fourth-order valence-corrected chi connectivity index (χ4v) is 2.00. The highest BCUT2D eigenvalue weighted by atomic mass is 32.1. The van der Waals surface area contributed by atoms with Gasteiger partial charge in [0, 0.05) is 25.8 Å². The van der Waals surface area contributed by atoms with Gasteiger partial charge in [0.25, 0.3) is 0 Å². The van der Waals surface area contributed by atoms with Crippen LogP contribution in [0.2, 0.25) is 0 Å². The number of hydrogen-bond donors (Lipinski definition) is 2. The summed E-state index contributed by atoms with van der Waals surface area (Å²) in [7, 11) is 1.74. The highest BCUT2D eigenvalue weighted by Crippen LogP contribution is 2.24. The average Bonchev–Trinajstić information content (AvgIpc) is 2.54. The van der Waals surface area contributed by atoms with Crippen molar-refractivity contribution in [3.05, 3.63) is 5.56 Å². The first kappa shape index (κ1) is 12.3. The van der Waals surface area contributed by atoms with Crippen molar-refractivity contribution in [2.75, 3.05) is 31.3 Å². The molecule has 0 radical (unpaired) electrons. The van der Waals surface area contributed by atoms with Gasteiger partial charge in [0.1, 0.15) is 10.8 Å². The Kier molecular flexibility index (Phi) is 5.42. The molecule has 3 N–H and O–H groups in total. The Morgan fingerprint density at radius 3 is 2.80 bits per heavy atom. The number of ether oxygens (including phenoxy) is 1. The van der Waals surface area contributed by atoms with Crippen LogP contribution in [0.25, 0.3) is 0 Å². The molecule has 5 heteroatoms. The molecule has 0 fully saturated rings. The molecule has 0 saturated carbocycles. The first-order valence-electron chi connectivity index (χ1n) is 5.20. The molecule has 1 aromatic rings. The summed E-state index contributed by atoms with van der Waals surface area (Å²) in [6.07, 6.45) is 3.47. The molecule has 4 nitrogen and oxygen atoms in total. The first-order chi connectivity index (χ1) is 7.25. The minimum Gasteiger partial charge on any atom is -0.385 e. The molecular formula is C10H19N3OS. The van der Waals surface area contributed by atoms with Crippen molar-refractivity contribution >= 4 is 22.4 Å². The summed E-state index contributed by atoms with van der Waals surface area (Å²) < 4.78 is 9.07. The van der Waals surface area contributed by atoms with E-state index < -0.39 is 0 Å². The molecule has 1 rings (SSSR count). The van der Waals surface area contributed by atoms with Crippen molar-refractivity contribution in [3.8, 4) is 0 Å². The number of anilines is 2. The lowest BCUT2D eigenvalue weighted by Gasteiger charge is -2.04. The lowest BCUT2D eigenvalue weighted by atomic mass is 10.2. The average molecular weight is 229 g/mol. The van der Waals surface area contributed by atoms with Gasteiger partial charge in [0.05, 0.1) is 0 Å². The van der Waals surface area contributed by atoms with Crippen LogP contribution in [0.4, 0.5) is 10.8 Å². The van der Waals surface area contributed by atoms with Crippen molar-refractivity contribution < 1.29 is 4.74 Å². The Morgan fingerprint density at radius 2 is 2.20 bits per heavy atom. The Balaban J connectivity index is 2.12. The minimum atomic E-state index is 0.641. The van der Waals surface area contributed by atoms with E-state index in [0.717, 1.165) is 36.6 Å². The Bertz CT molecular complexity index is 288. The van der Waals surface area contributed by atoms with Crippen LogP contribution in [0.1, 0.15) is 24.8 Å². The summed E-state index contributed by atoms with van der Waals surface area (Å²) in [5.41, 5.74) is 6.72. The zero-order valence-electron chi connectivity index (χ0n) is 9.38. The van der Waals surface area contributed by atoms with Crippen molar-refractivity contribution in [3.63, 3.8) is 0 Å². The number of nitrogen functional groups attached to an aromatic ring is 1. The summed E-state index contributed by atoms with van der Waals surface area (Å²) in [5, 5.41) is 4.44. The third-order valence-electron chi connectivity index (χ3n) is 2.27. The molecule has 0 aliphatic heterocycles. The molecule has 0 spiro atoms. The lowest BCUT2D eigenvalue weighted by molar-refractivity contribution is 0.192. The van der Waals surface area contributed by atoms with E-state index in [1.807, 2.05) is 6.92 Å². The van der Waals surface area contributed by atoms with Gasteiger partial charge in [-0.25, -0.2) is 0 Å². The Morgan fingerprint density at radius 1 is 1.40 bits per heavy atom. The lowest BCUT2D eigenvalue weighted by Crippen LogP contribution is -2.02. The monoisotopic (exact) mass is 229 g/mol. The number of nitrogens with one attached hydrogen (secondary N) is 1. The number of unbranched alkanes of at least 4 members (excludes halogenated alkanes) is 2. The van der Waals surface area contributed by atoms with Crippen molar-refractivity contribution in [2.24, 2.45) is 0 Å². The third-order valence-corrected chi connectivity index (χ3v) is 3.19. The maximum Gasteiger partial charge on any atom is 0.142 e. The minimum absolute atomic E-state index is 0.641. The molecule has 1 aromatic heterocycles. The second-order valence-corrected chi connectivity index (χ2v) is 4.28. The van der Waals surface area contributed by atoms with Crippen molar-refractivity contribution in [1.29, 1.82) is 0 Å². The van der Waals surface area contributed by atoms with Gasteiger partial charge in [0.15, 0.2) is 0 Å². The smallest absolute Gasteiger partial charge is 0.142 e. The second-order valence-electron chi connectivity index (χ2n) is 3.50. The van der Waals surface area contributed by atoms with Crippen LogP contribution in [0.5, 0.6) is 0 Å². The van der Waals surface area contributed by atoms with E-state index in [-0.39, 0.29) is 0 Å². The van der Waals surface area contributed by atoms with E-state index in [2.05, 4.69) is 9.69 Å². The topological polar surface area (TPSA) is 60.2 Å². The zero-order valence-corrected chi connectivity index (χ0v) is 10.2. The van der Waals surface area contributed by atoms with Gasteiger partial charge in [0.2, 0.25) is 0 Å². The highest BCUT2D eigenvalue weighted by molar-refractivity contribution is 7.10. The summed E-state index contributed by atoms with van der Waals surface area (Å²) in [5.74, 6) is 0.641. The molecule has 0 unspecified atom stereocenters. The molecule has 0 bridgehead atoms. The largest absolute Gasteiger partial charge is 0.385 e. The number of rotatable bonds is 7. The predicted molar refractivity (Wildman–Crippen MR) is 65.5 cm³/mol. The molecular weight excluding hydrogens is 210 g/mol. The van der Waals surface area contributed by atoms with Gasteiger partial charge >= 0.3 is 0 Å². The fraction of sp³-hybridized carbons (Fsp3) is 0.700. The second kappa shape index (κ2) is 6.63. The fourth-order valence-electron chi connectivity index (χ4n) is 1.26. The van der Waals surface area contributed by atoms with Gasteiger partial charge in [-0.2, -0.15) is 4.37 Å². The maximum absolute atomic E-state index is 5.65. The molecule has 0 saturated heterocycles. The molecule has 15 heavy (non-hydrogen) atoms. The normalized spacial score (nSPS) is 10.5. The van der Waals surface area contributed by atoms with Gasteiger partial charge in [-0.3, -0.25) is 0 Å².